The maximum atomic E-state index is 12.6. The molecule has 0 aliphatic rings. The van der Waals surface area contributed by atoms with Crippen LogP contribution in [0.5, 0.6) is 0 Å². The largest absolute Gasteiger partial charge is 0.456 e. The summed E-state index contributed by atoms with van der Waals surface area (Å²) in [7, 11) is -3.95. The Bertz CT molecular complexity index is 1200. The second-order valence-electron chi connectivity index (χ2n) is 6.76. The Morgan fingerprint density at radius 1 is 1.26 bits per heavy atom. The van der Waals surface area contributed by atoms with Crippen LogP contribution >= 0.6 is 22.9 Å². The second-order valence-corrected chi connectivity index (χ2v) is 9.79. The van der Waals surface area contributed by atoms with Gasteiger partial charge in [-0.25, -0.2) is 13.4 Å². The van der Waals surface area contributed by atoms with Crippen molar-refractivity contribution in [2.24, 2.45) is 0 Å². The van der Waals surface area contributed by atoms with Crippen LogP contribution in [-0.2, 0) is 19.6 Å². The van der Waals surface area contributed by atoms with Crippen molar-refractivity contribution in [2.45, 2.75) is 31.7 Å². The molecule has 0 aliphatic heterocycles. The summed E-state index contributed by atoms with van der Waals surface area (Å²) in [4.78, 5) is 29.1. The number of aryl methyl sites for hydroxylation is 1. The molecular formula is C20H20ClN3O5S2. The third kappa shape index (κ3) is 5.21. The van der Waals surface area contributed by atoms with Gasteiger partial charge in [-0.2, -0.15) is 4.72 Å². The second kappa shape index (κ2) is 9.31. The first-order valence-electron chi connectivity index (χ1n) is 9.16. The molecule has 0 saturated heterocycles. The Kier molecular flexibility index (Phi) is 6.95. The molecule has 1 aromatic carbocycles. The van der Waals surface area contributed by atoms with Gasteiger partial charge in [0.2, 0.25) is 15.8 Å². The van der Waals surface area contributed by atoms with Crippen molar-refractivity contribution in [3.05, 3.63) is 63.9 Å². The summed E-state index contributed by atoms with van der Waals surface area (Å²) in [6, 6.07) is 6.03. The number of sulfonamides is 1. The normalized spacial score (nSPS) is 12.5. The van der Waals surface area contributed by atoms with Gasteiger partial charge in [-0.15, -0.1) is 11.3 Å². The van der Waals surface area contributed by atoms with Crippen molar-refractivity contribution in [2.75, 3.05) is 6.61 Å². The van der Waals surface area contributed by atoms with E-state index in [1.54, 1.807) is 19.2 Å². The van der Waals surface area contributed by atoms with Gasteiger partial charge in [0, 0.05) is 33.6 Å². The summed E-state index contributed by atoms with van der Waals surface area (Å²) in [5.74, 6) is -1.25. The molecule has 0 bridgehead atoms. The Labute approximate surface area is 188 Å². The van der Waals surface area contributed by atoms with Crippen LogP contribution in [0.4, 0.5) is 0 Å². The number of aromatic nitrogens is 2. The Morgan fingerprint density at radius 2 is 1.94 bits per heavy atom. The summed E-state index contributed by atoms with van der Waals surface area (Å²) in [5, 5.41) is 2.96. The number of Topliss-reactive ketones (excluding diaryl/α,β-unsaturated/α-hetero) is 1. The highest BCUT2D eigenvalue weighted by atomic mass is 35.5. The lowest BCUT2D eigenvalue weighted by Crippen LogP contribution is -2.40. The number of ether oxygens (including phenoxy) is 1. The summed E-state index contributed by atoms with van der Waals surface area (Å²) in [6.45, 7) is 4.47. The van der Waals surface area contributed by atoms with Gasteiger partial charge in [0.15, 0.2) is 11.7 Å². The quantitative estimate of drug-likeness (QED) is 0.390. The molecule has 2 heterocycles. The van der Waals surface area contributed by atoms with E-state index in [1.807, 2.05) is 16.9 Å². The first kappa shape index (κ1) is 23.1. The molecule has 31 heavy (non-hydrogen) atoms. The van der Waals surface area contributed by atoms with E-state index in [0.717, 1.165) is 10.8 Å². The Hall–Kier alpha value is -2.53. The van der Waals surface area contributed by atoms with Gasteiger partial charge in [0.1, 0.15) is 6.04 Å². The van der Waals surface area contributed by atoms with Crippen molar-refractivity contribution in [1.82, 2.24) is 14.3 Å². The molecule has 0 spiro atoms. The predicted octanol–water partition coefficient (Wildman–Crippen LogP) is 3.30. The van der Waals surface area contributed by atoms with Gasteiger partial charge >= 0.3 is 5.97 Å². The number of halogens is 1. The third-order valence-electron chi connectivity index (χ3n) is 4.50. The van der Waals surface area contributed by atoms with Crippen molar-refractivity contribution >= 4 is 44.7 Å². The van der Waals surface area contributed by atoms with Gasteiger partial charge in [0.25, 0.3) is 0 Å². The summed E-state index contributed by atoms with van der Waals surface area (Å²) in [6.07, 6.45) is 1.68. The van der Waals surface area contributed by atoms with Crippen LogP contribution in [0.25, 0.3) is 5.13 Å². The standard InChI is InChI=1S/C20H20ClN3O5S2/c1-12-10-17(14(3)24(12)20-22-8-9-30-20)18(25)11-29-19(26)13(2)23-31(27,28)16-6-4-15(21)5-7-16/h4-10,13,23H,11H2,1-3H3. The molecule has 1 atom stereocenters. The molecule has 2 aromatic heterocycles. The molecule has 164 valence electrons. The van der Waals surface area contributed by atoms with E-state index in [0.29, 0.717) is 16.3 Å². The molecule has 0 amide bonds. The molecular weight excluding hydrogens is 462 g/mol. The number of thiazole rings is 1. The lowest BCUT2D eigenvalue weighted by Gasteiger charge is -2.13. The number of hydrogen-bond donors (Lipinski definition) is 1. The van der Waals surface area contributed by atoms with Crippen molar-refractivity contribution in [1.29, 1.82) is 0 Å². The van der Waals surface area contributed by atoms with E-state index < -0.39 is 34.4 Å². The van der Waals surface area contributed by atoms with Gasteiger partial charge < -0.3 is 4.74 Å². The van der Waals surface area contributed by atoms with Crippen LogP contribution < -0.4 is 4.72 Å². The first-order valence-corrected chi connectivity index (χ1v) is 11.9. The molecule has 3 rings (SSSR count). The van der Waals surface area contributed by atoms with E-state index in [2.05, 4.69) is 9.71 Å². The highest BCUT2D eigenvalue weighted by molar-refractivity contribution is 7.89. The number of nitrogens with one attached hydrogen (secondary N) is 1. The van der Waals surface area contributed by atoms with Gasteiger partial charge in [-0.3, -0.25) is 14.2 Å². The molecule has 0 saturated carbocycles. The minimum atomic E-state index is -3.95. The minimum Gasteiger partial charge on any atom is -0.456 e. The summed E-state index contributed by atoms with van der Waals surface area (Å²) in [5.41, 5.74) is 1.92. The molecule has 3 aromatic rings. The third-order valence-corrected chi connectivity index (χ3v) is 7.06. The highest BCUT2D eigenvalue weighted by Crippen LogP contribution is 2.22. The van der Waals surface area contributed by atoms with E-state index >= 15 is 0 Å². The SMILES string of the molecule is Cc1cc(C(=O)COC(=O)C(C)NS(=O)(=O)c2ccc(Cl)cc2)c(C)n1-c1nccs1. The number of hydrogen-bond acceptors (Lipinski definition) is 7. The number of carbonyl (C=O) groups excluding carboxylic acids is 2. The fraction of sp³-hybridized carbons (Fsp3) is 0.250. The van der Waals surface area contributed by atoms with Gasteiger partial charge in [0.05, 0.1) is 4.90 Å². The molecule has 0 fully saturated rings. The number of benzene rings is 1. The summed E-state index contributed by atoms with van der Waals surface area (Å²) >= 11 is 7.20. The van der Waals surface area contributed by atoms with Gasteiger partial charge in [-0.05, 0) is 51.1 Å². The Morgan fingerprint density at radius 3 is 2.55 bits per heavy atom. The average Bonchev–Trinajstić information content (AvgIpc) is 3.33. The Balaban J connectivity index is 1.63. The number of esters is 1. The van der Waals surface area contributed by atoms with Crippen LogP contribution in [0.1, 0.15) is 28.7 Å². The van der Waals surface area contributed by atoms with Crippen molar-refractivity contribution in [3.8, 4) is 5.13 Å². The van der Waals surface area contributed by atoms with Crippen LogP contribution in [0.15, 0.2) is 46.8 Å². The maximum Gasteiger partial charge on any atom is 0.324 e. The zero-order valence-electron chi connectivity index (χ0n) is 17.0. The average molecular weight is 482 g/mol. The van der Waals surface area contributed by atoms with Crippen LogP contribution in [0.2, 0.25) is 5.02 Å². The van der Waals surface area contributed by atoms with Crippen LogP contribution in [0.3, 0.4) is 0 Å². The summed E-state index contributed by atoms with van der Waals surface area (Å²) < 4.78 is 33.9. The molecule has 0 aliphatic carbocycles. The smallest absolute Gasteiger partial charge is 0.324 e. The van der Waals surface area contributed by atoms with Crippen LogP contribution in [-0.4, -0.2) is 42.4 Å². The predicted molar refractivity (Wildman–Crippen MR) is 117 cm³/mol. The monoisotopic (exact) mass is 481 g/mol. The fourth-order valence-electron chi connectivity index (χ4n) is 2.97. The first-order chi connectivity index (χ1) is 14.6. The topological polar surface area (TPSA) is 107 Å². The molecule has 0 radical (unpaired) electrons. The van der Waals surface area contributed by atoms with Crippen molar-refractivity contribution in [3.63, 3.8) is 0 Å². The number of nitrogens with zero attached hydrogens (tertiary/aromatic N) is 2. The number of carbonyl (C=O) groups is 2. The molecule has 11 heteroatoms. The molecule has 8 nitrogen and oxygen atoms in total. The fourth-order valence-corrected chi connectivity index (χ4v) is 5.04. The zero-order valence-corrected chi connectivity index (χ0v) is 19.3. The zero-order chi connectivity index (χ0) is 22.8. The number of rotatable bonds is 8. The lowest BCUT2D eigenvalue weighted by molar-refractivity contribution is -0.144. The van der Waals surface area contributed by atoms with E-state index in [4.69, 9.17) is 16.3 Å². The van der Waals surface area contributed by atoms with Crippen molar-refractivity contribution < 1.29 is 22.7 Å². The molecule has 1 unspecified atom stereocenters. The van der Waals surface area contributed by atoms with E-state index in [9.17, 15) is 18.0 Å². The highest BCUT2D eigenvalue weighted by Gasteiger charge is 2.25. The van der Waals surface area contributed by atoms with Gasteiger partial charge in [-0.1, -0.05) is 11.6 Å². The lowest BCUT2D eigenvalue weighted by atomic mass is 10.1. The van der Waals surface area contributed by atoms with E-state index in [1.165, 1.54) is 42.5 Å². The van der Waals surface area contributed by atoms with E-state index in [-0.39, 0.29) is 4.90 Å². The van der Waals surface area contributed by atoms with Crippen LogP contribution in [0, 0.1) is 13.8 Å². The molecule has 1 N–H and O–H groups in total. The number of ketones is 1. The minimum absolute atomic E-state index is 0.0396. The maximum absolute atomic E-state index is 12.6.